The number of rotatable bonds is 7. The van der Waals surface area contributed by atoms with E-state index in [1.54, 1.807) is 37.4 Å². The van der Waals surface area contributed by atoms with Crippen molar-refractivity contribution in [3.63, 3.8) is 0 Å². The highest BCUT2D eigenvalue weighted by Gasteiger charge is 2.15. The van der Waals surface area contributed by atoms with Gasteiger partial charge in [-0.15, -0.1) is 12.4 Å². The van der Waals surface area contributed by atoms with Crippen molar-refractivity contribution in [1.29, 1.82) is 0 Å². The molecule has 142 valence electrons. The standard InChI is InChI=1S/C18H22N2O5.ClH/c1-22-12-5-6-13(19)14(10-12)20-17(21)9-11-7-15(23-2)18(25-4)16(8-11)24-3;/h5-8,10H,9,19H2,1-4H3,(H,20,21);1H. The van der Waals surface area contributed by atoms with Crippen LogP contribution in [0.5, 0.6) is 23.0 Å². The Morgan fingerprint density at radius 2 is 1.58 bits per heavy atom. The van der Waals surface area contributed by atoms with Crippen molar-refractivity contribution < 1.29 is 23.7 Å². The van der Waals surface area contributed by atoms with Crippen molar-refractivity contribution in [2.24, 2.45) is 0 Å². The van der Waals surface area contributed by atoms with Crippen LogP contribution in [0.2, 0.25) is 0 Å². The Balaban J connectivity index is 0.00000338. The number of amides is 1. The lowest BCUT2D eigenvalue weighted by atomic mass is 10.1. The molecule has 7 nitrogen and oxygen atoms in total. The van der Waals surface area contributed by atoms with Gasteiger partial charge in [-0.05, 0) is 29.8 Å². The van der Waals surface area contributed by atoms with Crippen LogP contribution in [0.15, 0.2) is 30.3 Å². The molecule has 0 aliphatic heterocycles. The van der Waals surface area contributed by atoms with Gasteiger partial charge in [0.05, 0.1) is 46.2 Å². The predicted molar refractivity (Wildman–Crippen MR) is 103 cm³/mol. The molecule has 26 heavy (non-hydrogen) atoms. The summed E-state index contributed by atoms with van der Waals surface area (Å²) in [4.78, 5) is 12.4. The van der Waals surface area contributed by atoms with Crippen molar-refractivity contribution >= 4 is 29.7 Å². The fraction of sp³-hybridized carbons (Fsp3) is 0.278. The predicted octanol–water partition coefficient (Wildman–Crippen LogP) is 2.91. The lowest BCUT2D eigenvalue weighted by Crippen LogP contribution is -2.15. The lowest BCUT2D eigenvalue weighted by Gasteiger charge is -2.14. The number of methoxy groups -OCH3 is 4. The monoisotopic (exact) mass is 382 g/mol. The Morgan fingerprint density at radius 1 is 0.962 bits per heavy atom. The van der Waals surface area contributed by atoms with Crippen LogP contribution in [-0.4, -0.2) is 34.3 Å². The zero-order chi connectivity index (χ0) is 18.4. The Labute approximate surface area is 158 Å². The van der Waals surface area contributed by atoms with Gasteiger partial charge >= 0.3 is 0 Å². The third-order valence-corrected chi connectivity index (χ3v) is 3.62. The van der Waals surface area contributed by atoms with Gasteiger partial charge in [0, 0.05) is 6.07 Å². The van der Waals surface area contributed by atoms with Gasteiger partial charge in [-0.2, -0.15) is 0 Å². The minimum Gasteiger partial charge on any atom is -0.497 e. The number of nitrogens with one attached hydrogen (secondary N) is 1. The van der Waals surface area contributed by atoms with E-state index in [-0.39, 0.29) is 24.7 Å². The van der Waals surface area contributed by atoms with Gasteiger partial charge in [0.15, 0.2) is 11.5 Å². The highest BCUT2D eigenvalue weighted by Crippen LogP contribution is 2.38. The SMILES string of the molecule is COc1ccc(N)c(NC(=O)Cc2cc(OC)c(OC)c(OC)c2)c1.Cl. The quantitative estimate of drug-likeness (QED) is 0.715. The Kier molecular flexibility index (Phi) is 7.86. The summed E-state index contributed by atoms with van der Waals surface area (Å²) in [5.74, 6) is 1.84. The number of ether oxygens (including phenoxy) is 4. The number of nitrogens with two attached hydrogens (primary N) is 1. The van der Waals surface area contributed by atoms with Gasteiger partial charge < -0.3 is 30.0 Å². The third kappa shape index (κ3) is 4.86. The van der Waals surface area contributed by atoms with Crippen LogP contribution < -0.4 is 30.0 Å². The zero-order valence-electron chi connectivity index (χ0n) is 15.1. The fourth-order valence-electron chi connectivity index (χ4n) is 2.39. The van der Waals surface area contributed by atoms with Crippen LogP contribution in [-0.2, 0) is 11.2 Å². The summed E-state index contributed by atoms with van der Waals surface area (Å²) in [5.41, 5.74) is 7.56. The molecule has 0 heterocycles. The van der Waals surface area contributed by atoms with E-state index < -0.39 is 0 Å². The average molecular weight is 383 g/mol. The van der Waals surface area contributed by atoms with E-state index in [1.807, 2.05) is 0 Å². The third-order valence-electron chi connectivity index (χ3n) is 3.62. The highest BCUT2D eigenvalue weighted by atomic mass is 35.5. The van der Waals surface area contributed by atoms with Crippen LogP contribution >= 0.6 is 12.4 Å². The summed E-state index contributed by atoms with van der Waals surface area (Å²) in [6.07, 6.45) is 0.118. The van der Waals surface area contributed by atoms with Crippen molar-refractivity contribution in [3.8, 4) is 23.0 Å². The molecule has 8 heteroatoms. The molecule has 0 bridgehead atoms. The molecule has 0 spiro atoms. The number of anilines is 2. The summed E-state index contributed by atoms with van der Waals surface area (Å²) in [5, 5.41) is 2.78. The molecule has 0 saturated carbocycles. The van der Waals surface area contributed by atoms with Gasteiger partial charge in [-0.1, -0.05) is 0 Å². The van der Waals surface area contributed by atoms with E-state index in [1.165, 1.54) is 21.3 Å². The number of halogens is 1. The van der Waals surface area contributed by atoms with Crippen molar-refractivity contribution in [3.05, 3.63) is 35.9 Å². The molecule has 3 N–H and O–H groups in total. The van der Waals surface area contributed by atoms with Gasteiger partial charge in [0.2, 0.25) is 11.7 Å². The van der Waals surface area contributed by atoms with Crippen LogP contribution in [0.4, 0.5) is 11.4 Å². The van der Waals surface area contributed by atoms with Crippen molar-refractivity contribution in [1.82, 2.24) is 0 Å². The van der Waals surface area contributed by atoms with Gasteiger partial charge in [-0.3, -0.25) is 4.79 Å². The van der Waals surface area contributed by atoms with Gasteiger partial charge in [-0.25, -0.2) is 0 Å². The summed E-state index contributed by atoms with van der Waals surface area (Å²) in [6, 6.07) is 8.53. The maximum atomic E-state index is 12.4. The first-order valence-corrected chi connectivity index (χ1v) is 7.54. The number of nitrogen functional groups attached to an aromatic ring is 1. The lowest BCUT2D eigenvalue weighted by molar-refractivity contribution is -0.115. The molecular weight excluding hydrogens is 360 g/mol. The minimum atomic E-state index is -0.228. The topological polar surface area (TPSA) is 92.0 Å². The maximum absolute atomic E-state index is 12.4. The molecule has 2 aromatic carbocycles. The Morgan fingerprint density at radius 3 is 2.08 bits per heavy atom. The second kappa shape index (κ2) is 9.62. The average Bonchev–Trinajstić information content (AvgIpc) is 2.62. The van der Waals surface area contributed by atoms with Crippen LogP contribution in [0.1, 0.15) is 5.56 Å². The minimum absolute atomic E-state index is 0. The second-order valence-corrected chi connectivity index (χ2v) is 5.21. The normalized spacial score (nSPS) is 9.69. The molecule has 0 aliphatic rings. The van der Waals surface area contributed by atoms with Gasteiger partial charge in [0.1, 0.15) is 5.75 Å². The molecule has 0 aromatic heterocycles. The van der Waals surface area contributed by atoms with Crippen LogP contribution in [0.3, 0.4) is 0 Å². The van der Waals surface area contributed by atoms with E-state index in [2.05, 4.69) is 5.32 Å². The molecule has 0 saturated heterocycles. The molecule has 1 amide bonds. The van der Waals surface area contributed by atoms with Crippen molar-refractivity contribution in [2.45, 2.75) is 6.42 Å². The number of benzene rings is 2. The molecule has 0 fully saturated rings. The molecule has 0 unspecified atom stereocenters. The summed E-state index contributed by atoms with van der Waals surface area (Å²) in [7, 11) is 6.13. The maximum Gasteiger partial charge on any atom is 0.228 e. The molecule has 0 atom stereocenters. The smallest absolute Gasteiger partial charge is 0.228 e. The molecule has 2 rings (SSSR count). The Hall–Kier alpha value is -2.80. The molecule has 2 aromatic rings. The fourth-order valence-corrected chi connectivity index (χ4v) is 2.39. The van der Waals surface area contributed by atoms with Crippen molar-refractivity contribution in [2.75, 3.05) is 39.5 Å². The first-order chi connectivity index (χ1) is 12.0. The van der Waals surface area contributed by atoms with E-state index in [9.17, 15) is 4.79 Å². The number of hydrogen-bond donors (Lipinski definition) is 2. The summed E-state index contributed by atoms with van der Waals surface area (Å²) in [6.45, 7) is 0. The molecule has 0 aliphatic carbocycles. The van der Waals surface area contributed by atoms with Crippen LogP contribution in [0.25, 0.3) is 0 Å². The molecule has 0 radical (unpaired) electrons. The van der Waals surface area contributed by atoms with E-state index in [0.29, 0.717) is 39.9 Å². The number of carbonyl (C=O) groups is 1. The number of carbonyl (C=O) groups excluding carboxylic acids is 1. The largest absolute Gasteiger partial charge is 0.497 e. The Bertz CT molecular complexity index is 742. The van der Waals surface area contributed by atoms with Crippen LogP contribution in [0, 0.1) is 0 Å². The van der Waals surface area contributed by atoms with Gasteiger partial charge in [0.25, 0.3) is 0 Å². The summed E-state index contributed by atoms with van der Waals surface area (Å²) >= 11 is 0. The number of hydrogen-bond acceptors (Lipinski definition) is 6. The first kappa shape index (κ1) is 21.2. The molecular formula is C18H23ClN2O5. The first-order valence-electron chi connectivity index (χ1n) is 7.54. The highest BCUT2D eigenvalue weighted by molar-refractivity contribution is 5.95. The van der Waals surface area contributed by atoms with E-state index in [4.69, 9.17) is 24.7 Å². The van der Waals surface area contributed by atoms with E-state index >= 15 is 0 Å². The zero-order valence-corrected chi connectivity index (χ0v) is 15.9. The second-order valence-electron chi connectivity index (χ2n) is 5.21. The summed E-state index contributed by atoms with van der Waals surface area (Å²) < 4.78 is 21.0. The van der Waals surface area contributed by atoms with E-state index in [0.717, 1.165) is 0 Å².